The van der Waals surface area contributed by atoms with Crippen LogP contribution in [0.5, 0.6) is 0 Å². The number of thiazole rings is 1. The van der Waals surface area contributed by atoms with E-state index in [2.05, 4.69) is 34.8 Å². The lowest BCUT2D eigenvalue weighted by Gasteiger charge is -2.08. The quantitative estimate of drug-likeness (QED) is 0.787. The number of nitrogens with zero attached hydrogens (tertiary/aromatic N) is 1. The van der Waals surface area contributed by atoms with E-state index in [9.17, 15) is 4.79 Å². The first-order chi connectivity index (χ1) is 8.02. The van der Waals surface area contributed by atoms with Crippen molar-refractivity contribution in [1.82, 2.24) is 4.98 Å². The van der Waals surface area contributed by atoms with Gasteiger partial charge < -0.3 is 4.74 Å². The molecule has 0 aliphatic heterocycles. The molecule has 2 rings (SSSR count). The lowest BCUT2D eigenvalue weighted by molar-refractivity contribution is 0.0601. The summed E-state index contributed by atoms with van der Waals surface area (Å²) in [4.78, 5) is 16.0. The Kier molecular flexibility index (Phi) is 3.49. The molecule has 3 nitrogen and oxygen atoms in total. The highest BCUT2D eigenvalue weighted by atomic mass is 79.9. The molecule has 0 amide bonds. The number of carbonyl (C=O) groups excluding carboxylic acids is 1. The molecule has 0 fully saturated rings. The predicted molar refractivity (Wildman–Crippen MR) is 72.7 cm³/mol. The summed E-state index contributed by atoms with van der Waals surface area (Å²) in [6.07, 6.45) is 0. The lowest BCUT2D eigenvalue weighted by atomic mass is 9.99. The van der Waals surface area contributed by atoms with Crippen molar-refractivity contribution in [2.45, 2.75) is 19.8 Å². The van der Waals surface area contributed by atoms with Gasteiger partial charge in [0.15, 0.2) is 3.92 Å². The number of hydrogen-bond donors (Lipinski definition) is 0. The maximum absolute atomic E-state index is 11.6. The topological polar surface area (TPSA) is 39.2 Å². The molecule has 1 aromatic carbocycles. The molecular formula is C12H12BrNO2S. The number of hydrogen-bond acceptors (Lipinski definition) is 4. The normalized spacial score (nSPS) is 11.1. The first-order valence-electron chi connectivity index (χ1n) is 5.21. The second kappa shape index (κ2) is 4.74. The number of halogens is 1. The molecule has 0 N–H and O–H groups in total. The monoisotopic (exact) mass is 313 g/mol. The lowest BCUT2D eigenvalue weighted by Crippen LogP contribution is -2.02. The average Bonchev–Trinajstić information content (AvgIpc) is 2.66. The fourth-order valence-corrected chi connectivity index (χ4v) is 3.17. The minimum absolute atomic E-state index is 0.307. The van der Waals surface area contributed by atoms with Crippen molar-refractivity contribution >= 4 is 43.5 Å². The highest BCUT2D eigenvalue weighted by Gasteiger charge is 2.15. The summed E-state index contributed by atoms with van der Waals surface area (Å²) in [5.74, 6) is 0.00873. The van der Waals surface area contributed by atoms with Crippen molar-refractivity contribution in [3.63, 3.8) is 0 Å². The van der Waals surface area contributed by atoms with E-state index >= 15 is 0 Å². The van der Waals surface area contributed by atoms with Gasteiger partial charge in [-0.05, 0) is 39.5 Å². The third-order valence-corrected chi connectivity index (χ3v) is 4.00. The van der Waals surface area contributed by atoms with Gasteiger partial charge in [0.05, 0.1) is 22.9 Å². The van der Waals surface area contributed by atoms with Crippen LogP contribution < -0.4 is 0 Å². The average molecular weight is 314 g/mol. The van der Waals surface area contributed by atoms with Crippen molar-refractivity contribution in [3.8, 4) is 0 Å². The van der Waals surface area contributed by atoms with Crippen LogP contribution in [-0.2, 0) is 4.74 Å². The number of ether oxygens (including phenoxy) is 1. The molecule has 0 saturated heterocycles. The van der Waals surface area contributed by atoms with Crippen LogP contribution in [0.4, 0.5) is 0 Å². The zero-order valence-corrected chi connectivity index (χ0v) is 12.2. The third kappa shape index (κ3) is 2.35. The van der Waals surface area contributed by atoms with E-state index in [0.717, 1.165) is 19.7 Å². The molecule has 1 heterocycles. The molecule has 90 valence electrons. The summed E-state index contributed by atoms with van der Waals surface area (Å²) >= 11 is 4.90. The minimum Gasteiger partial charge on any atom is -0.465 e. The maximum Gasteiger partial charge on any atom is 0.337 e. The van der Waals surface area contributed by atoms with Crippen LogP contribution in [0, 0.1) is 0 Å². The summed E-state index contributed by atoms with van der Waals surface area (Å²) in [6.45, 7) is 4.17. The first kappa shape index (κ1) is 12.5. The number of esters is 1. The SMILES string of the molecule is COC(=O)c1cc(C(C)C)c2nc(Br)sc2c1. The van der Waals surface area contributed by atoms with Crippen LogP contribution in [0.25, 0.3) is 10.2 Å². The Bertz CT molecular complexity index is 577. The van der Waals surface area contributed by atoms with E-state index in [-0.39, 0.29) is 5.97 Å². The number of methoxy groups -OCH3 is 1. The van der Waals surface area contributed by atoms with Crippen molar-refractivity contribution < 1.29 is 9.53 Å². The highest BCUT2D eigenvalue weighted by Crippen LogP contribution is 2.33. The number of benzene rings is 1. The Morgan fingerprint density at radius 3 is 2.76 bits per heavy atom. The Balaban J connectivity index is 2.70. The molecule has 2 aromatic rings. The zero-order chi connectivity index (χ0) is 12.6. The number of aromatic nitrogens is 1. The Morgan fingerprint density at radius 2 is 2.18 bits per heavy atom. The molecule has 0 aliphatic rings. The van der Waals surface area contributed by atoms with Gasteiger partial charge in [0, 0.05) is 0 Å². The molecule has 5 heteroatoms. The van der Waals surface area contributed by atoms with Crippen molar-refractivity contribution in [2.24, 2.45) is 0 Å². The Morgan fingerprint density at radius 1 is 1.47 bits per heavy atom. The largest absolute Gasteiger partial charge is 0.465 e. The second-order valence-corrected chi connectivity index (χ2v) is 6.33. The van der Waals surface area contributed by atoms with E-state index in [1.807, 2.05) is 12.1 Å². The van der Waals surface area contributed by atoms with Crippen molar-refractivity contribution in [3.05, 3.63) is 27.2 Å². The van der Waals surface area contributed by atoms with Gasteiger partial charge in [0.25, 0.3) is 0 Å². The standard InChI is InChI=1S/C12H12BrNO2S/c1-6(2)8-4-7(11(15)16-3)5-9-10(8)14-12(13)17-9/h4-6H,1-3H3. The fourth-order valence-electron chi connectivity index (χ4n) is 1.70. The summed E-state index contributed by atoms with van der Waals surface area (Å²) in [6, 6.07) is 3.69. The van der Waals surface area contributed by atoms with Gasteiger partial charge in [-0.3, -0.25) is 0 Å². The van der Waals surface area contributed by atoms with E-state index < -0.39 is 0 Å². The molecule has 1 aromatic heterocycles. The van der Waals surface area contributed by atoms with Gasteiger partial charge in [0.2, 0.25) is 0 Å². The predicted octanol–water partition coefficient (Wildman–Crippen LogP) is 3.97. The van der Waals surface area contributed by atoms with Crippen LogP contribution in [0.1, 0.15) is 35.7 Å². The molecule has 0 atom stereocenters. The third-order valence-electron chi connectivity index (χ3n) is 2.54. The van der Waals surface area contributed by atoms with Gasteiger partial charge in [-0.1, -0.05) is 13.8 Å². The van der Waals surface area contributed by atoms with Crippen LogP contribution in [0.2, 0.25) is 0 Å². The first-order valence-corrected chi connectivity index (χ1v) is 6.82. The smallest absolute Gasteiger partial charge is 0.337 e. The summed E-state index contributed by atoms with van der Waals surface area (Å²) in [7, 11) is 1.39. The van der Waals surface area contributed by atoms with Crippen LogP contribution in [-0.4, -0.2) is 18.1 Å². The van der Waals surface area contributed by atoms with Gasteiger partial charge in [-0.25, -0.2) is 9.78 Å². The van der Waals surface area contributed by atoms with Crippen LogP contribution >= 0.6 is 27.3 Å². The number of carbonyl (C=O) groups is 1. The number of rotatable bonds is 2. The highest BCUT2D eigenvalue weighted by molar-refractivity contribution is 9.11. The number of fused-ring (bicyclic) bond motifs is 1. The fraction of sp³-hybridized carbons (Fsp3) is 0.333. The summed E-state index contributed by atoms with van der Waals surface area (Å²) < 4.78 is 6.59. The van der Waals surface area contributed by atoms with E-state index in [0.29, 0.717) is 11.5 Å². The van der Waals surface area contributed by atoms with Crippen molar-refractivity contribution in [2.75, 3.05) is 7.11 Å². The summed E-state index contributed by atoms with van der Waals surface area (Å²) in [5, 5.41) is 0. The molecule has 0 saturated carbocycles. The summed E-state index contributed by atoms with van der Waals surface area (Å²) in [5.41, 5.74) is 2.62. The van der Waals surface area contributed by atoms with E-state index in [1.54, 1.807) is 0 Å². The second-order valence-electron chi connectivity index (χ2n) is 4.03. The molecule has 17 heavy (non-hydrogen) atoms. The zero-order valence-electron chi connectivity index (χ0n) is 9.78. The van der Waals surface area contributed by atoms with Gasteiger partial charge in [0.1, 0.15) is 0 Å². The maximum atomic E-state index is 11.6. The molecule has 0 radical (unpaired) electrons. The van der Waals surface area contributed by atoms with Crippen molar-refractivity contribution in [1.29, 1.82) is 0 Å². The van der Waals surface area contributed by atoms with Gasteiger partial charge in [-0.15, -0.1) is 11.3 Å². The molecule has 0 spiro atoms. The minimum atomic E-state index is -0.307. The van der Waals surface area contributed by atoms with Crippen LogP contribution in [0.3, 0.4) is 0 Å². The molecular weight excluding hydrogens is 302 g/mol. The van der Waals surface area contributed by atoms with E-state index in [4.69, 9.17) is 4.74 Å². The Labute approximate surface area is 112 Å². The molecule has 0 aliphatic carbocycles. The van der Waals surface area contributed by atoms with Gasteiger partial charge in [-0.2, -0.15) is 0 Å². The molecule has 0 unspecified atom stereocenters. The van der Waals surface area contributed by atoms with Crippen LogP contribution in [0.15, 0.2) is 16.0 Å². The van der Waals surface area contributed by atoms with Gasteiger partial charge >= 0.3 is 5.97 Å². The van der Waals surface area contributed by atoms with E-state index in [1.165, 1.54) is 18.4 Å². The molecule has 0 bridgehead atoms. The Hall–Kier alpha value is -0.940.